The molecule has 0 spiro atoms. The van der Waals surface area contributed by atoms with Gasteiger partial charge >= 0.3 is 0 Å². The number of anilines is 1. The maximum absolute atomic E-state index is 13.2. The van der Waals surface area contributed by atoms with Crippen molar-refractivity contribution in [2.45, 2.75) is 26.8 Å². The summed E-state index contributed by atoms with van der Waals surface area (Å²) in [6, 6.07) is 16.8. The third-order valence-electron chi connectivity index (χ3n) is 5.76. The molecule has 1 heterocycles. The van der Waals surface area contributed by atoms with E-state index in [1.54, 1.807) is 36.4 Å². The summed E-state index contributed by atoms with van der Waals surface area (Å²) < 4.78 is 0. The minimum atomic E-state index is -0.854. The number of amides is 1. The molecule has 1 saturated heterocycles. The van der Waals surface area contributed by atoms with Gasteiger partial charge in [-0.1, -0.05) is 53.5 Å². The van der Waals surface area contributed by atoms with Crippen LogP contribution in [0.5, 0.6) is 0 Å². The van der Waals surface area contributed by atoms with Gasteiger partial charge in [0.2, 0.25) is 0 Å². The van der Waals surface area contributed by atoms with Crippen molar-refractivity contribution in [2.75, 3.05) is 4.90 Å². The number of nitrogens with zero attached hydrogens (tertiary/aromatic N) is 1. The van der Waals surface area contributed by atoms with Crippen LogP contribution in [0.1, 0.15) is 33.9 Å². The fraction of sp³-hybridized carbons (Fsp3) is 0.154. The Balaban J connectivity index is 1.98. The highest BCUT2D eigenvalue weighted by Gasteiger charge is 2.47. The first-order chi connectivity index (χ1) is 15.2. The van der Waals surface area contributed by atoms with Crippen molar-refractivity contribution in [3.8, 4) is 0 Å². The molecule has 3 aromatic rings. The zero-order valence-electron chi connectivity index (χ0n) is 17.8. The van der Waals surface area contributed by atoms with Gasteiger partial charge in [0, 0.05) is 11.3 Å². The Hall–Kier alpha value is -3.08. The van der Waals surface area contributed by atoms with Crippen LogP contribution in [0.25, 0.3) is 5.76 Å². The van der Waals surface area contributed by atoms with Crippen LogP contribution in [0.4, 0.5) is 5.69 Å². The molecule has 0 saturated carbocycles. The van der Waals surface area contributed by atoms with E-state index >= 15 is 0 Å². The molecule has 1 aliphatic rings. The maximum atomic E-state index is 13.2. The van der Waals surface area contributed by atoms with Crippen LogP contribution in [0.3, 0.4) is 0 Å². The summed E-state index contributed by atoms with van der Waals surface area (Å²) in [5.74, 6) is -1.69. The summed E-state index contributed by atoms with van der Waals surface area (Å²) in [7, 11) is 0. The van der Waals surface area contributed by atoms with Gasteiger partial charge in [0.15, 0.2) is 0 Å². The number of carbonyl (C=O) groups excluding carboxylic acids is 2. The fourth-order valence-electron chi connectivity index (χ4n) is 3.92. The summed E-state index contributed by atoms with van der Waals surface area (Å²) >= 11 is 12.4. The summed E-state index contributed by atoms with van der Waals surface area (Å²) in [6.45, 7) is 5.79. The second-order valence-corrected chi connectivity index (χ2v) is 8.80. The van der Waals surface area contributed by atoms with Crippen molar-refractivity contribution < 1.29 is 14.7 Å². The van der Waals surface area contributed by atoms with Crippen LogP contribution >= 0.6 is 23.2 Å². The van der Waals surface area contributed by atoms with Gasteiger partial charge in [0.05, 0.1) is 21.7 Å². The highest BCUT2D eigenvalue weighted by atomic mass is 35.5. The molecule has 32 heavy (non-hydrogen) atoms. The normalized spacial score (nSPS) is 17.8. The second-order valence-electron chi connectivity index (χ2n) is 7.98. The first kappa shape index (κ1) is 22.1. The molecular formula is C26H21Cl2NO3. The largest absolute Gasteiger partial charge is 0.507 e. The first-order valence-electron chi connectivity index (χ1n) is 10.1. The van der Waals surface area contributed by atoms with Crippen molar-refractivity contribution in [3.63, 3.8) is 0 Å². The quantitative estimate of drug-likeness (QED) is 0.271. The number of rotatable bonds is 3. The van der Waals surface area contributed by atoms with E-state index in [0.29, 0.717) is 26.9 Å². The highest BCUT2D eigenvalue weighted by molar-refractivity contribution is 6.51. The van der Waals surface area contributed by atoms with Gasteiger partial charge in [-0.3, -0.25) is 14.5 Å². The lowest BCUT2D eigenvalue weighted by molar-refractivity contribution is -0.132. The van der Waals surface area contributed by atoms with Crippen molar-refractivity contribution in [3.05, 3.63) is 104 Å². The molecule has 3 aromatic carbocycles. The number of halogens is 2. The lowest BCUT2D eigenvalue weighted by Gasteiger charge is -2.26. The Morgan fingerprint density at radius 3 is 2.28 bits per heavy atom. The van der Waals surface area contributed by atoms with E-state index in [2.05, 4.69) is 0 Å². The van der Waals surface area contributed by atoms with Crippen LogP contribution in [-0.2, 0) is 9.59 Å². The molecule has 1 amide bonds. The number of aliphatic hydroxyl groups is 1. The number of carbonyl (C=O) groups is 2. The molecule has 1 unspecified atom stereocenters. The van der Waals surface area contributed by atoms with E-state index in [1.165, 1.54) is 4.90 Å². The second kappa shape index (κ2) is 8.45. The minimum Gasteiger partial charge on any atom is -0.507 e. The van der Waals surface area contributed by atoms with Gasteiger partial charge in [-0.15, -0.1) is 0 Å². The molecule has 0 aliphatic carbocycles. The topological polar surface area (TPSA) is 57.6 Å². The molecule has 1 atom stereocenters. The molecule has 162 valence electrons. The fourth-order valence-corrected chi connectivity index (χ4v) is 4.23. The molecule has 4 nitrogen and oxygen atoms in total. The number of Topliss-reactive ketones (excluding diaryl/α,β-unsaturated/α-hetero) is 1. The maximum Gasteiger partial charge on any atom is 0.300 e. The van der Waals surface area contributed by atoms with Gasteiger partial charge in [0.1, 0.15) is 5.76 Å². The molecule has 1 aliphatic heterocycles. The first-order valence-corrected chi connectivity index (χ1v) is 10.8. The lowest BCUT2D eigenvalue weighted by atomic mass is 9.94. The van der Waals surface area contributed by atoms with Crippen molar-refractivity contribution in [1.82, 2.24) is 0 Å². The molecule has 1 N–H and O–H groups in total. The molecule has 6 heteroatoms. The van der Waals surface area contributed by atoms with E-state index in [9.17, 15) is 14.7 Å². The zero-order chi connectivity index (χ0) is 23.2. The standard InChI is InChI=1S/C26H21Cl2NO3/c1-14-5-4-6-19(11-14)29-23(17-9-10-20(27)21(28)13-17)22(25(31)26(29)32)24(30)18-8-7-15(2)16(3)12-18/h4-13,23,30H,1-3H3/b24-22-. The zero-order valence-corrected chi connectivity index (χ0v) is 19.3. The van der Waals surface area contributed by atoms with Crippen LogP contribution in [0, 0.1) is 20.8 Å². The van der Waals surface area contributed by atoms with E-state index in [4.69, 9.17) is 23.2 Å². The Kier molecular flexibility index (Phi) is 5.85. The third-order valence-corrected chi connectivity index (χ3v) is 6.50. The Morgan fingerprint density at radius 1 is 0.875 bits per heavy atom. The van der Waals surface area contributed by atoms with E-state index in [1.807, 2.05) is 45.0 Å². The molecule has 0 aromatic heterocycles. The minimum absolute atomic E-state index is 0.0122. The average molecular weight is 466 g/mol. The van der Waals surface area contributed by atoms with Crippen molar-refractivity contribution >= 4 is 46.3 Å². The third kappa shape index (κ3) is 3.81. The predicted molar refractivity (Wildman–Crippen MR) is 128 cm³/mol. The van der Waals surface area contributed by atoms with Crippen LogP contribution in [0.15, 0.2) is 66.2 Å². The van der Waals surface area contributed by atoms with E-state index < -0.39 is 17.7 Å². The number of hydrogen-bond donors (Lipinski definition) is 1. The molecule has 0 radical (unpaired) electrons. The number of benzene rings is 3. The molecular weight excluding hydrogens is 445 g/mol. The molecule has 1 fully saturated rings. The van der Waals surface area contributed by atoms with Crippen LogP contribution < -0.4 is 4.90 Å². The number of aryl methyl sites for hydroxylation is 3. The SMILES string of the molecule is Cc1cccc(N2C(=O)C(=O)/C(=C(\O)c3ccc(C)c(C)c3)C2c2ccc(Cl)c(Cl)c2)c1. The summed E-state index contributed by atoms with van der Waals surface area (Å²) in [5, 5.41) is 11.9. The van der Waals surface area contributed by atoms with Crippen molar-refractivity contribution in [1.29, 1.82) is 0 Å². The Labute approximate surface area is 196 Å². The number of ketones is 1. The Morgan fingerprint density at radius 2 is 1.62 bits per heavy atom. The summed E-state index contributed by atoms with van der Waals surface area (Å²) in [5.41, 5.74) is 4.58. The smallest absolute Gasteiger partial charge is 0.300 e. The van der Waals surface area contributed by atoms with Crippen LogP contribution in [0.2, 0.25) is 10.0 Å². The van der Waals surface area contributed by atoms with E-state index in [-0.39, 0.29) is 11.3 Å². The van der Waals surface area contributed by atoms with Gasteiger partial charge in [-0.25, -0.2) is 0 Å². The van der Waals surface area contributed by atoms with E-state index in [0.717, 1.165) is 16.7 Å². The monoisotopic (exact) mass is 465 g/mol. The van der Waals surface area contributed by atoms with Gasteiger partial charge in [-0.05, 0) is 73.4 Å². The van der Waals surface area contributed by atoms with Gasteiger partial charge < -0.3 is 5.11 Å². The summed E-state index contributed by atoms with van der Waals surface area (Å²) in [4.78, 5) is 27.8. The number of aliphatic hydroxyl groups excluding tert-OH is 1. The highest BCUT2D eigenvalue weighted by Crippen LogP contribution is 2.43. The van der Waals surface area contributed by atoms with Crippen molar-refractivity contribution in [2.24, 2.45) is 0 Å². The lowest BCUT2D eigenvalue weighted by Crippen LogP contribution is -2.29. The molecule has 4 rings (SSSR count). The van der Waals surface area contributed by atoms with Gasteiger partial charge in [-0.2, -0.15) is 0 Å². The number of hydrogen-bond acceptors (Lipinski definition) is 3. The average Bonchev–Trinajstić information content (AvgIpc) is 3.02. The van der Waals surface area contributed by atoms with Crippen LogP contribution in [-0.4, -0.2) is 16.8 Å². The van der Waals surface area contributed by atoms with Gasteiger partial charge in [0.25, 0.3) is 11.7 Å². The Bertz CT molecular complexity index is 1300. The predicted octanol–water partition coefficient (Wildman–Crippen LogP) is 6.54. The molecule has 0 bridgehead atoms. The summed E-state index contributed by atoms with van der Waals surface area (Å²) in [6.07, 6.45) is 0.